The lowest BCUT2D eigenvalue weighted by atomic mass is 9.88. The van der Waals surface area contributed by atoms with Gasteiger partial charge in [-0.25, -0.2) is 9.18 Å². The molecule has 0 unspecified atom stereocenters. The first-order valence-electron chi connectivity index (χ1n) is 11.6. The van der Waals surface area contributed by atoms with Gasteiger partial charge in [0.25, 0.3) is 0 Å². The molecule has 1 aliphatic rings. The van der Waals surface area contributed by atoms with Crippen molar-refractivity contribution in [3.63, 3.8) is 0 Å². The third-order valence-electron chi connectivity index (χ3n) is 6.27. The summed E-state index contributed by atoms with van der Waals surface area (Å²) in [5.41, 5.74) is 3.52. The molecule has 36 heavy (non-hydrogen) atoms. The van der Waals surface area contributed by atoms with Crippen LogP contribution in [0.1, 0.15) is 35.2 Å². The maximum Gasteiger partial charge on any atom is 0.318 e. The number of hydrogen-bond acceptors (Lipinski definition) is 5. The molecule has 3 aromatic rings. The standard InChI is InChI=1S/C27H29FN4O4/c1-17(26(33)30-16-18-8-11-29-12-9-18)31-27(34)32-13-10-20-14-23(35-2)24(36-3)15-22(20)25(32)19-4-6-21(28)7-5-19/h4-9,11-12,14-15,17,25H,10,13,16H2,1-3H3,(H,30,33)(H,31,34)/t17-,25-/m1/s1. The molecule has 0 aliphatic carbocycles. The first kappa shape index (κ1) is 25.0. The Morgan fingerprint density at radius 1 is 1.08 bits per heavy atom. The fourth-order valence-corrected chi connectivity index (χ4v) is 4.35. The van der Waals surface area contributed by atoms with Crippen molar-refractivity contribution >= 4 is 11.9 Å². The molecule has 188 valence electrons. The van der Waals surface area contributed by atoms with Gasteiger partial charge in [0.15, 0.2) is 11.5 Å². The minimum atomic E-state index is -0.764. The molecule has 2 atom stereocenters. The van der Waals surface area contributed by atoms with Crippen molar-refractivity contribution in [2.45, 2.75) is 32.0 Å². The molecule has 3 amide bonds. The largest absolute Gasteiger partial charge is 0.493 e. The minimum Gasteiger partial charge on any atom is -0.493 e. The number of rotatable bonds is 7. The number of hydrogen-bond donors (Lipinski definition) is 2. The van der Waals surface area contributed by atoms with E-state index in [1.54, 1.807) is 50.6 Å². The lowest BCUT2D eigenvalue weighted by molar-refractivity contribution is -0.122. The summed E-state index contributed by atoms with van der Waals surface area (Å²) in [6, 6.07) is 11.8. The third kappa shape index (κ3) is 5.40. The third-order valence-corrected chi connectivity index (χ3v) is 6.27. The van der Waals surface area contributed by atoms with E-state index in [1.165, 1.54) is 12.1 Å². The van der Waals surface area contributed by atoms with Crippen LogP contribution in [0.2, 0.25) is 0 Å². The molecule has 8 nitrogen and oxygen atoms in total. The van der Waals surface area contributed by atoms with Gasteiger partial charge in [-0.15, -0.1) is 0 Å². The number of aromatic nitrogens is 1. The molecule has 2 N–H and O–H groups in total. The number of nitrogens with zero attached hydrogens (tertiary/aromatic N) is 2. The van der Waals surface area contributed by atoms with Gasteiger partial charge in [0.1, 0.15) is 11.9 Å². The maximum absolute atomic E-state index is 13.7. The summed E-state index contributed by atoms with van der Waals surface area (Å²) in [5.74, 6) is 0.473. The number of halogens is 1. The van der Waals surface area contributed by atoms with Gasteiger partial charge in [-0.3, -0.25) is 9.78 Å². The molecular weight excluding hydrogens is 463 g/mol. The Bertz CT molecular complexity index is 1220. The number of urea groups is 1. The van der Waals surface area contributed by atoms with E-state index in [-0.39, 0.29) is 11.7 Å². The van der Waals surface area contributed by atoms with E-state index in [9.17, 15) is 14.0 Å². The molecule has 1 aromatic heterocycles. The zero-order valence-electron chi connectivity index (χ0n) is 20.5. The van der Waals surface area contributed by atoms with Gasteiger partial charge in [0, 0.05) is 25.5 Å². The van der Waals surface area contributed by atoms with Crippen molar-refractivity contribution in [1.82, 2.24) is 20.5 Å². The number of nitrogens with one attached hydrogen (secondary N) is 2. The number of methoxy groups -OCH3 is 2. The summed E-state index contributed by atoms with van der Waals surface area (Å²) in [7, 11) is 3.13. The van der Waals surface area contributed by atoms with Crippen molar-refractivity contribution in [2.24, 2.45) is 0 Å². The molecule has 4 rings (SSSR count). The van der Waals surface area contributed by atoms with Crippen molar-refractivity contribution < 1.29 is 23.5 Å². The number of carbonyl (C=O) groups is 2. The lowest BCUT2D eigenvalue weighted by Gasteiger charge is -2.38. The van der Waals surface area contributed by atoms with Gasteiger partial charge < -0.3 is 25.0 Å². The van der Waals surface area contributed by atoms with E-state index in [2.05, 4.69) is 15.6 Å². The molecule has 2 heterocycles. The monoisotopic (exact) mass is 492 g/mol. The normalized spacial score (nSPS) is 15.4. The highest BCUT2D eigenvalue weighted by Gasteiger charge is 2.34. The number of pyridine rings is 1. The van der Waals surface area contributed by atoms with Crippen LogP contribution in [-0.4, -0.2) is 48.6 Å². The van der Waals surface area contributed by atoms with Crippen LogP contribution in [0.25, 0.3) is 0 Å². The smallest absolute Gasteiger partial charge is 0.318 e. The lowest BCUT2D eigenvalue weighted by Crippen LogP contribution is -2.52. The predicted octanol–water partition coefficient (Wildman–Crippen LogP) is 3.60. The number of benzene rings is 2. The van der Waals surface area contributed by atoms with Gasteiger partial charge in [-0.1, -0.05) is 12.1 Å². The topological polar surface area (TPSA) is 92.8 Å². The number of fused-ring (bicyclic) bond motifs is 1. The molecule has 0 radical (unpaired) electrons. The van der Waals surface area contributed by atoms with Crippen molar-refractivity contribution in [3.05, 3.63) is 89.0 Å². The second kappa shape index (κ2) is 11.1. The van der Waals surface area contributed by atoms with E-state index in [4.69, 9.17) is 9.47 Å². The molecule has 0 saturated heterocycles. The molecule has 0 saturated carbocycles. The molecule has 0 spiro atoms. The average Bonchev–Trinajstić information content (AvgIpc) is 2.91. The first-order valence-corrected chi connectivity index (χ1v) is 11.6. The van der Waals surface area contributed by atoms with E-state index in [0.717, 1.165) is 22.3 Å². The van der Waals surface area contributed by atoms with E-state index in [1.807, 2.05) is 24.3 Å². The Morgan fingerprint density at radius 2 is 1.75 bits per heavy atom. The van der Waals surface area contributed by atoms with Gasteiger partial charge in [-0.05, 0) is 72.0 Å². The quantitative estimate of drug-likeness (QED) is 0.526. The Kier molecular flexibility index (Phi) is 7.68. The second-order valence-electron chi connectivity index (χ2n) is 8.55. The SMILES string of the molecule is COc1cc2c(cc1OC)[C@@H](c1ccc(F)cc1)N(C(=O)N[C@H](C)C(=O)NCc1ccncc1)CC2. The van der Waals surface area contributed by atoms with Crippen molar-refractivity contribution in [3.8, 4) is 11.5 Å². The molecule has 9 heteroatoms. The van der Waals surface area contributed by atoms with E-state index < -0.39 is 18.1 Å². The fourth-order valence-electron chi connectivity index (χ4n) is 4.35. The fraction of sp³-hybridized carbons (Fsp3) is 0.296. The van der Waals surface area contributed by atoms with E-state index >= 15 is 0 Å². The Labute approximate surface area is 209 Å². The number of ether oxygens (including phenoxy) is 2. The number of amides is 3. The zero-order chi connectivity index (χ0) is 25.7. The van der Waals surface area contributed by atoms with Gasteiger partial charge in [0.2, 0.25) is 5.91 Å². The van der Waals surface area contributed by atoms with Crippen LogP contribution in [0.15, 0.2) is 60.9 Å². The summed E-state index contributed by atoms with van der Waals surface area (Å²) in [6.45, 7) is 2.37. The summed E-state index contributed by atoms with van der Waals surface area (Å²) in [4.78, 5) is 31.7. The molecule has 0 bridgehead atoms. The Balaban J connectivity index is 1.57. The van der Waals surface area contributed by atoms with Gasteiger partial charge in [-0.2, -0.15) is 0 Å². The van der Waals surface area contributed by atoms with Crippen LogP contribution < -0.4 is 20.1 Å². The summed E-state index contributed by atoms with van der Waals surface area (Å²) < 4.78 is 24.7. The van der Waals surface area contributed by atoms with Crippen LogP contribution in [0, 0.1) is 5.82 Å². The Hall–Kier alpha value is -4.14. The van der Waals surface area contributed by atoms with Crippen LogP contribution in [0.3, 0.4) is 0 Å². The first-order chi connectivity index (χ1) is 17.4. The number of carbonyl (C=O) groups excluding carboxylic acids is 2. The average molecular weight is 493 g/mol. The van der Waals surface area contributed by atoms with E-state index in [0.29, 0.717) is 31.0 Å². The van der Waals surface area contributed by atoms with Crippen LogP contribution in [-0.2, 0) is 17.8 Å². The highest BCUT2D eigenvalue weighted by atomic mass is 19.1. The highest BCUT2D eigenvalue weighted by Crippen LogP contribution is 2.41. The molecule has 1 aliphatic heterocycles. The Morgan fingerprint density at radius 3 is 2.42 bits per heavy atom. The highest BCUT2D eigenvalue weighted by molar-refractivity contribution is 5.87. The minimum absolute atomic E-state index is 0.303. The second-order valence-corrected chi connectivity index (χ2v) is 8.55. The molecule has 0 fully saturated rings. The zero-order valence-corrected chi connectivity index (χ0v) is 20.5. The summed E-state index contributed by atoms with van der Waals surface area (Å²) >= 11 is 0. The van der Waals surface area contributed by atoms with Crippen LogP contribution >= 0.6 is 0 Å². The predicted molar refractivity (Wildman–Crippen MR) is 132 cm³/mol. The van der Waals surface area contributed by atoms with Gasteiger partial charge >= 0.3 is 6.03 Å². The molecule has 2 aromatic carbocycles. The van der Waals surface area contributed by atoms with Crippen molar-refractivity contribution in [1.29, 1.82) is 0 Å². The summed E-state index contributed by atoms with van der Waals surface area (Å²) in [6.07, 6.45) is 3.89. The van der Waals surface area contributed by atoms with Crippen LogP contribution in [0.4, 0.5) is 9.18 Å². The van der Waals surface area contributed by atoms with Crippen molar-refractivity contribution in [2.75, 3.05) is 20.8 Å². The maximum atomic E-state index is 13.7. The summed E-state index contributed by atoms with van der Waals surface area (Å²) in [5, 5.41) is 5.64. The molecular formula is C27H29FN4O4. The van der Waals surface area contributed by atoms with Crippen LogP contribution in [0.5, 0.6) is 11.5 Å². The van der Waals surface area contributed by atoms with Gasteiger partial charge in [0.05, 0.1) is 20.3 Å².